The number of phenols is 1. The van der Waals surface area contributed by atoms with Gasteiger partial charge in [0, 0.05) is 39.9 Å². The summed E-state index contributed by atoms with van der Waals surface area (Å²) in [6.07, 6.45) is 8.52. The highest BCUT2D eigenvalue weighted by Crippen LogP contribution is 2.49. The van der Waals surface area contributed by atoms with E-state index in [0.717, 1.165) is 85.6 Å². The van der Waals surface area contributed by atoms with Gasteiger partial charge in [0.2, 0.25) is 0 Å². The fourth-order valence-electron chi connectivity index (χ4n) is 10.1. The van der Waals surface area contributed by atoms with Gasteiger partial charge in [-0.05, 0) is 180 Å². The number of carboxylic acid groups (broad SMARTS) is 1. The lowest BCUT2D eigenvalue weighted by Gasteiger charge is -2.18. The van der Waals surface area contributed by atoms with Crippen molar-refractivity contribution in [1.29, 1.82) is 21.0 Å². The first-order chi connectivity index (χ1) is 52.8. The first-order valence-corrected chi connectivity index (χ1v) is 36.4. The van der Waals surface area contributed by atoms with Gasteiger partial charge in [0.1, 0.15) is 64.6 Å². The molecule has 0 spiro atoms. The third-order valence-corrected chi connectivity index (χ3v) is 19.4. The van der Waals surface area contributed by atoms with Crippen LogP contribution in [0, 0.1) is 108 Å². The molecule has 0 bridgehead atoms. The zero-order valence-corrected chi connectivity index (χ0v) is 64.5. The molecule has 4 fully saturated rings. The largest absolute Gasteiger partial charge is 0.508 e. The number of phenolic OH excluding ortho intramolecular Hbond substituents is 1. The third kappa shape index (κ3) is 29.4. The summed E-state index contributed by atoms with van der Waals surface area (Å²) in [4.78, 5) is 33.9. The maximum absolute atomic E-state index is 12.3. The maximum atomic E-state index is 12.3. The van der Waals surface area contributed by atoms with Crippen LogP contribution < -0.4 is 23.7 Å². The molecule has 0 heterocycles. The van der Waals surface area contributed by atoms with E-state index in [0.29, 0.717) is 87.6 Å². The van der Waals surface area contributed by atoms with Gasteiger partial charge in [-0.15, -0.1) is 17.8 Å². The van der Waals surface area contributed by atoms with Gasteiger partial charge in [-0.2, -0.15) is 21.0 Å². The van der Waals surface area contributed by atoms with Crippen LogP contribution in [0.3, 0.4) is 0 Å². The van der Waals surface area contributed by atoms with Crippen molar-refractivity contribution in [2.75, 3.05) is 67.1 Å². The number of carbonyl (C=O) groups excluding carboxylic acids is 2. The predicted octanol–water partition coefficient (Wildman–Crippen LogP) is 16.7. The monoisotopic (exact) mass is 1570 g/mol. The molecule has 574 valence electrons. The number of carboxylic acids is 1. The summed E-state index contributed by atoms with van der Waals surface area (Å²) in [5, 5.41) is 80.6. The highest BCUT2D eigenvalue weighted by molar-refractivity contribution is 6.32. The molecule has 4 saturated carbocycles. The minimum atomic E-state index is -0.873. The summed E-state index contributed by atoms with van der Waals surface area (Å²) >= 11 is 23.5. The van der Waals surface area contributed by atoms with Crippen LogP contribution in [0.5, 0.6) is 34.5 Å². The minimum absolute atomic E-state index is 0.0137. The van der Waals surface area contributed by atoms with E-state index in [2.05, 4.69) is 40.3 Å². The molecule has 3 atom stereocenters. The Morgan fingerprint density at radius 3 is 0.936 bits per heavy atom. The molecule has 19 nitrogen and oxygen atoms in total. The van der Waals surface area contributed by atoms with E-state index in [1.165, 1.54) is 26.4 Å². The van der Waals surface area contributed by atoms with Gasteiger partial charge in [-0.1, -0.05) is 101 Å². The fraction of sp³-hybridized carbons (Fsp3) is 0.360. The number of hydrogen-bond acceptors (Lipinski definition) is 18. The van der Waals surface area contributed by atoms with Crippen molar-refractivity contribution in [1.82, 2.24) is 0 Å². The Labute approximate surface area is 661 Å². The van der Waals surface area contributed by atoms with Crippen LogP contribution in [0.1, 0.15) is 148 Å². The molecule has 7 aromatic rings. The number of aliphatic hydroxyl groups excluding tert-OH is 3. The van der Waals surface area contributed by atoms with E-state index >= 15 is 0 Å². The SMILES string of the molecule is CC#CC(CC(=O)O)c1ccc(OCC2(COc3ccc(C#N)c(Cl)c3)CC2)cc1.CC#CC(CC(=O)OC)c1ccc(O)cc1.CC#CC(CC(=O)OC)c1ccc(OCC2(COc3ccc(C#N)c(Cl)c3)CC2)cc1.N#Cc1ccc(F)cc1Cl.N#Cc1ccc(OCC2(CO)CC2)cc1Cl.OCC1(CO)CC1. The lowest BCUT2D eigenvalue weighted by atomic mass is 9.96. The molecule has 0 radical (unpaired) electrons. The van der Waals surface area contributed by atoms with Crippen LogP contribution in [0.15, 0.2) is 146 Å². The van der Waals surface area contributed by atoms with E-state index < -0.39 is 11.8 Å². The second-order valence-electron chi connectivity index (χ2n) is 26.6. The number of carbonyl (C=O) groups is 3. The van der Waals surface area contributed by atoms with E-state index in [9.17, 15) is 18.8 Å². The number of aromatic hydroxyl groups is 1. The Kier molecular flexibility index (Phi) is 35.4. The van der Waals surface area contributed by atoms with Crippen LogP contribution in [-0.2, 0) is 23.9 Å². The molecule has 3 unspecified atom stereocenters. The number of aliphatic hydroxyl groups is 3. The molecule has 4 aliphatic rings. The highest BCUT2D eigenvalue weighted by atomic mass is 35.5. The molecule has 0 saturated heterocycles. The van der Waals surface area contributed by atoms with Crippen molar-refractivity contribution >= 4 is 64.3 Å². The van der Waals surface area contributed by atoms with E-state index in [1.807, 2.05) is 72.8 Å². The standard InChI is InChI=1S/C25H24ClNO4.C24H22ClNO4.C13H14O3.C12H12ClNO2.C7H3ClFN.C5H10O2/c1-3-4-19(13-24(28)29-2)18-5-8-21(9-6-18)30-16-25(11-12-25)17-31-22-10-7-20(15-27)23(26)14-22;1-2-3-18(12-23(27)28)17-4-7-20(8-5-17)29-15-24(10-11-24)16-30-21-9-6-19(14-26)22(25)13-21;1-3-4-11(9-13(15)16-2)10-5-7-12(14)8-6-10;13-11-5-10(2-1-9(11)6-14)16-8-12(7-15)3-4-12;8-7-3-6(9)2-1-5(7)4-10;6-3-5(4-7)1-2-5/h5-10,14,19H,11-13,16-17H2,1-2H3;4-9,13,18H,10-12,15-16H2,1H3,(H,27,28);5-8,11,14H,9H2,1-2H3;1-2,5,15H,3-4,7-8H2;1-3H;6-7H,1-4H2. The molecule has 7 aromatic carbocycles. The molecule has 5 N–H and O–H groups in total. The zero-order valence-electron chi connectivity index (χ0n) is 61.5. The lowest BCUT2D eigenvalue weighted by Crippen LogP contribution is -2.21. The Morgan fingerprint density at radius 2 is 0.682 bits per heavy atom. The number of esters is 2. The topological polar surface area (TPSA) is 312 Å². The summed E-state index contributed by atoms with van der Waals surface area (Å²) in [5.74, 6) is 18.4. The second kappa shape index (κ2) is 44.1. The first kappa shape index (κ1) is 88.3. The van der Waals surface area contributed by atoms with E-state index in [4.69, 9.17) is 121 Å². The number of hydrogen-bond donors (Lipinski definition) is 5. The summed E-state index contributed by atoms with van der Waals surface area (Å²) in [5.41, 5.74) is 4.17. The Hall–Kier alpha value is -10.6. The van der Waals surface area contributed by atoms with Crippen molar-refractivity contribution < 1.29 is 77.5 Å². The van der Waals surface area contributed by atoms with Crippen molar-refractivity contribution in [3.63, 3.8) is 0 Å². The van der Waals surface area contributed by atoms with Crippen LogP contribution in [-0.4, -0.2) is 111 Å². The quantitative estimate of drug-likeness (QED) is 0.0236. The predicted molar refractivity (Wildman–Crippen MR) is 415 cm³/mol. The molecular formula is C86H85Cl4FN4O15. The van der Waals surface area contributed by atoms with Crippen LogP contribution >= 0.6 is 46.4 Å². The smallest absolute Gasteiger partial charge is 0.307 e. The summed E-state index contributed by atoms with van der Waals surface area (Å²) in [6.45, 7) is 8.29. The van der Waals surface area contributed by atoms with Crippen molar-refractivity contribution in [2.45, 2.75) is 109 Å². The average Bonchev–Trinajstić information content (AvgIpc) is 1.70. The number of ether oxygens (including phenoxy) is 7. The first-order valence-electron chi connectivity index (χ1n) is 34.9. The zero-order chi connectivity index (χ0) is 80.3. The maximum Gasteiger partial charge on any atom is 0.307 e. The Morgan fingerprint density at radius 1 is 0.409 bits per heavy atom. The van der Waals surface area contributed by atoms with E-state index in [-0.39, 0.29) is 101 Å². The number of benzene rings is 7. The molecule has 11 rings (SSSR count). The summed E-state index contributed by atoms with van der Waals surface area (Å²) in [7, 11) is 2.73. The number of nitriles is 4. The third-order valence-electron chi connectivity index (χ3n) is 18.2. The van der Waals surface area contributed by atoms with Crippen LogP contribution in [0.25, 0.3) is 0 Å². The van der Waals surface area contributed by atoms with Crippen LogP contribution in [0.2, 0.25) is 20.1 Å². The highest BCUT2D eigenvalue weighted by Gasteiger charge is 2.46. The number of rotatable bonds is 27. The minimum Gasteiger partial charge on any atom is -0.508 e. The van der Waals surface area contributed by atoms with Crippen molar-refractivity contribution in [3.8, 4) is 94.3 Å². The molecule has 110 heavy (non-hydrogen) atoms. The number of aliphatic carboxylic acids is 1. The lowest BCUT2D eigenvalue weighted by molar-refractivity contribution is -0.141. The van der Waals surface area contributed by atoms with Gasteiger partial charge in [-0.25, -0.2) is 4.39 Å². The van der Waals surface area contributed by atoms with Gasteiger partial charge >= 0.3 is 17.9 Å². The fourth-order valence-corrected chi connectivity index (χ4v) is 11.0. The molecule has 4 aliphatic carbocycles. The van der Waals surface area contributed by atoms with Crippen molar-refractivity contribution in [2.24, 2.45) is 21.7 Å². The van der Waals surface area contributed by atoms with Gasteiger partial charge in [0.05, 0.1) is 146 Å². The number of nitrogens with zero attached hydrogens (tertiary/aromatic N) is 4. The molecule has 24 heteroatoms. The summed E-state index contributed by atoms with van der Waals surface area (Å²) in [6, 6.07) is 48.4. The molecular weight excluding hydrogens is 1490 g/mol. The van der Waals surface area contributed by atoms with Gasteiger partial charge in [-0.3, -0.25) is 14.4 Å². The Bertz CT molecular complexity index is 4610. The van der Waals surface area contributed by atoms with E-state index in [1.54, 1.807) is 99.6 Å². The van der Waals surface area contributed by atoms with Gasteiger partial charge in [0.25, 0.3) is 0 Å². The number of halogens is 5. The molecule has 0 amide bonds. The summed E-state index contributed by atoms with van der Waals surface area (Å²) < 4.78 is 50.9. The molecule has 0 aromatic heterocycles. The number of methoxy groups -OCH3 is 2. The molecule has 0 aliphatic heterocycles. The second-order valence-corrected chi connectivity index (χ2v) is 28.3. The normalized spacial score (nSPS) is 14.4. The average molecular weight is 1580 g/mol. The Balaban J connectivity index is 0.000000220. The van der Waals surface area contributed by atoms with Gasteiger partial charge < -0.3 is 58.7 Å². The van der Waals surface area contributed by atoms with Gasteiger partial charge in [0.15, 0.2) is 0 Å². The van der Waals surface area contributed by atoms with Crippen molar-refractivity contribution in [3.05, 3.63) is 210 Å². The van der Waals surface area contributed by atoms with Crippen LogP contribution in [0.4, 0.5) is 4.39 Å².